The van der Waals surface area contributed by atoms with Crippen LogP contribution in [0.15, 0.2) is 0 Å². The van der Waals surface area contributed by atoms with Gasteiger partial charge in [0, 0.05) is 19.1 Å². The van der Waals surface area contributed by atoms with E-state index < -0.39 is 0 Å². The molecule has 1 N–H and O–H groups in total. The fourth-order valence-electron chi connectivity index (χ4n) is 2.02. The second kappa shape index (κ2) is 8.10. The Bertz CT molecular complexity index is 191. The third kappa shape index (κ3) is 7.05. The quantitative estimate of drug-likeness (QED) is 0.667. The maximum atomic E-state index is 3.61. The lowest BCUT2D eigenvalue weighted by Crippen LogP contribution is -2.44. The molecule has 2 nitrogen and oxygen atoms in total. The van der Waals surface area contributed by atoms with Gasteiger partial charge in [-0.3, -0.25) is 0 Å². The molecule has 0 aliphatic carbocycles. The van der Waals surface area contributed by atoms with Gasteiger partial charge in [0.1, 0.15) is 0 Å². The Morgan fingerprint density at radius 3 is 2.18 bits per heavy atom. The van der Waals surface area contributed by atoms with Crippen molar-refractivity contribution in [2.75, 3.05) is 26.7 Å². The molecule has 0 aliphatic heterocycles. The molecule has 0 saturated carbocycles. The molecule has 0 spiro atoms. The van der Waals surface area contributed by atoms with Gasteiger partial charge >= 0.3 is 0 Å². The van der Waals surface area contributed by atoms with Crippen LogP contribution in [0.3, 0.4) is 0 Å². The van der Waals surface area contributed by atoms with E-state index in [0.29, 0.717) is 11.5 Å². The summed E-state index contributed by atoms with van der Waals surface area (Å²) in [5.41, 5.74) is 0.396. The average Bonchev–Trinajstić information content (AvgIpc) is 2.27. The first-order valence-electron chi connectivity index (χ1n) is 7.25. The van der Waals surface area contributed by atoms with Gasteiger partial charge in [-0.15, -0.1) is 0 Å². The first-order chi connectivity index (χ1) is 7.84. The molecule has 17 heavy (non-hydrogen) atoms. The molecule has 0 rings (SSSR count). The van der Waals surface area contributed by atoms with E-state index in [4.69, 9.17) is 0 Å². The van der Waals surface area contributed by atoms with E-state index in [1.807, 2.05) is 0 Å². The number of hydrogen-bond acceptors (Lipinski definition) is 2. The standard InChI is InChI=1S/C15H34N2/c1-8-14(5)17(7)12-15(6,9-2)11-16-10-13(3)4/h13-14,16H,8-12H2,1-7H3. The highest BCUT2D eigenvalue weighted by Crippen LogP contribution is 2.22. The molecule has 0 heterocycles. The second-order valence-corrected chi connectivity index (χ2v) is 6.36. The maximum Gasteiger partial charge on any atom is 0.00614 e. The number of nitrogens with zero attached hydrogens (tertiary/aromatic N) is 1. The summed E-state index contributed by atoms with van der Waals surface area (Å²) < 4.78 is 0. The maximum absolute atomic E-state index is 3.61. The summed E-state index contributed by atoms with van der Waals surface area (Å²) in [5.74, 6) is 0.739. The van der Waals surface area contributed by atoms with Gasteiger partial charge < -0.3 is 10.2 Å². The Balaban J connectivity index is 4.17. The minimum atomic E-state index is 0.396. The van der Waals surface area contributed by atoms with Crippen molar-refractivity contribution in [3.63, 3.8) is 0 Å². The highest BCUT2D eigenvalue weighted by atomic mass is 15.1. The van der Waals surface area contributed by atoms with Gasteiger partial charge in [0.2, 0.25) is 0 Å². The first kappa shape index (κ1) is 16.9. The fourth-order valence-corrected chi connectivity index (χ4v) is 2.02. The number of rotatable bonds is 9. The molecule has 0 aliphatic rings. The van der Waals surface area contributed by atoms with Gasteiger partial charge in [-0.05, 0) is 44.7 Å². The van der Waals surface area contributed by atoms with E-state index in [9.17, 15) is 0 Å². The predicted octanol–water partition coefficient (Wildman–Crippen LogP) is 3.38. The van der Waals surface area contributed by atoms with Crippen molar-refractivity contribution in [1.82, 2.24) is 10.2 Å². The zero-order chi connectivity index (χ0) is 13.5. The highest BCUT2D eigenvalue weighted by molar-refractivity contribution is 4.80. The van der Waals surface area contributed by atoms with Crippen LogP contribution in [0.4, 0.5) is 0 Å². The Hall–Kier alpha value is -0.0800. The van der Waals surface area contributed by atoms with Crippen molar-refractivity contribution in [1.29, 1.82) is 0 Å². The molecule has 0 radical (unpaired) electrons. The van der Waals surface area contributed by atoms with Crippen LogP contribution in [0.1, 0.15) is 54.4 Å². The van der Waals surface area contributed by atoms with Crippen LogP contribution in [0.2, 0.25) is 0 Å². The van der Waals surface area contributed by atoms with E-state index >= 15 is 0 Å². The Labute approximate surface area is 109 Å². The van der Waals surface area contributed by atoms with Crippen molar-refractivity contribution in [3.8, 4) is 0 Å². The van der Waals surface area contributed by atoms with Gasteiger partial charge in [-0.25, -0.2) is 0 Å². The van der Waals surface area contributed by atoms with Crippen molar-refractivity contribution < 1.29 is 0 Å². The minimum Gasteiger partial charge on any atom is -0.316 e. The molecule has 0 saturated heterocycles. The largest absolute Gasteiger partial charge is 0.316 e. The molecular formula is C15H34N2. The van der Waals surface area contributed by atoms with Gasteiger partial charge in [0.05, 0.1) is 0 Å². The zero-order valence-corrected chi connectivity index (χ0v) is 13.1. The summed E-state index contributed by atoms with van der Waals surface area (Å²) in [6.45, 7) is 17.3. The number of hydrogen-bond donors (Lipinski definition) is 1. The Morgan fingerprint density at radius 1 is 1.18 bits per heavy atom. The van der Waals surface area contributed by atoms with E-state index in [-0.39, 0.29) is 0 Å². The van der Waals surface area contributed by atoms with Crippen molar-refractivity contribution in [2.24, 2.45) is 11.3 Å². The van der Waals surface area contributed by atoms with Crippen LogP contribution in [-0.2, 0) is 0 Å². The van der Waals surface area contributed by atoms with Gasteiger partial charge in [0.15, 0.2) is 0 Å². The molecule has 0 aromatic heterocycles. The molecule has 0 fully saturated rings. The highest BCUT2D eigenvalue weighted by Gasteiger charge is 2.25. The van der Waals surface area contributed by atoms with Gasteiger partial charge in [-0.2, -0.15) is 0 Å². The molecular weight excluding hydrogens is 208 g/mol. The fraction of sp³-hybridized carbons (Fsp3) is 1.00. The lowest BCUT2D eigenvalue weighted by Gasteiger charge is -2.36. The van der Waals surface area contributed by atoms with E-state index in [1.165, 1.54) is 19.4 Å². The molecule has 0 bridgehead atoms. The smallest absolute Gasteiger partial charge is 0.00614 e. The van der Waals surface area contributed by atoms with E-state index in [0.717, 1.165) is 19.0 Å². The Morgan fingerprint density at radius 2 is 1.76 bits per heavy atom. The van der Waals surface area contributed by atoms with E-state index in [2.05, 4.69) is 58.8 Å². The minimum absolute atomic E-state index is 0.396. The summed E-state index contributed by atoms with van der Waals surface area (Å²) in [6.07, 6.45) is 2.47. The lowest BCUT2D eigenvalue weighted by atomic mass is 9.86. The van der Waals surface area contributed by atoms with Crippen molar-refractivity contribution in [2.45, 2.75) is 60.4 Å². The van der Waals surface area contributed by atoms with Gasteiger partial charge in [0.25, 0.3) is 0 Å². The zero-order valence-electron chi connectivity index (χ0n) is 13.1. The molecule has 2 atom stereocenters. The molecule has 0 aromatic rings. The molecule has 0 aromatic carbocycles. The molecule has 104 valence electrons. The normalized spacial score (nSPS) is 17.5. The summed E-state index contributed by atoms with van der Waals surface area (Å²) in [4.78, 5) is 2.50. The number of nitrogens with one attached hydrogen (secondary N) is 1. The topological polar surface area (TPSA) is 15.3 Å². The Kier molecular flexibility index (Phi) is 8.06. The van der Waals surface area contributed by atoms with Crippen molar-refractivity contribution in [3.05, 3.63) is 0 Å². The predicted molar refractivity (Wildman–Crippen MR) is 78.5 cm³/mol. The molecule has 0 amide bonds. The second-order valence-electron chi connectivity index (χ2n) is 6.36. The van der Waals surface area contributed by atoms with Crippen LogP contribution in [0.25, 0.3) is 0 Å². The third-order valence-corrected chi connectivity index (χ3v) is 3.93. The van der Waals surface area contributed by atoms with Crippen LogP contribution in [0, 0.1) is 11.3 Å². The molecule has 2 unspecified atom stereocenters. The SMILES string of the molecule is CCC(C)N(C)CC(C)(CC)CNCC(C)C. The first-order valence-corrected chi connectivity index (χ1v) is 7.25. The average molecular weight is 242 g/mol. The third-order valence-electron chi connectivity index (χ3n) is 3.93. The van der Waals surface area contributed by atoms with Crippen LogP contribution < -0.4 is 5.32 Å². The van der Waals surface area contributed by atoms with E-state index in [1.54, 1.807) is 0 Å². The summed E-state index contributed by atoms with van der Waals surface area (Å²) >= 11 is 0. The summed E-state index contributed by atoms with van der Waals surface area (Å²) in [7, 11) is 2.25. The summed E-state index contributed by atoms with van der Waals surface area (Å²) in [6, 6.07) is 0.686. The van der Waals surface area contributed by atoms with Crippen LogP contribution in [0.5, 0.6) is 0 Å². The molecule has 2 heteroatoms. The monoisotopic (exact) mass is 242 g/mol. The summed E-state index contributed by atoms with van der Waals surface area (Å²) in [5, 5.41) is 3.61. The van der Waals surface area contributed by atoms with Crippen LogP contribution >= 0.6 is 0 Å². The lowest BCUT2D eigenvalue weighted by molar-refractivity contribution is 0.144. The van der Waals surface area contributed by atoms with Crippen molar-refractivity contribution >= 4 is 0 Å². The van der Waals surface area contributed by atoms with Crippen LogP contribution in [-0.4, -0.2) is 37.6 Å². The van der Waals surface area contributed by atoms with Gasteiger partial charge in [-0.1, -0.05) is 34.6 Å².